The lowest BCUT2D eigenvalue weighted by Gasteiger charge is -2.14. The lowest BCUT2D eigenvalue weighted by atomic mass is 10.2. The van der Waals surface area contributed by atoms with E-state index in [1.54, 1.807) is 94.0 Å². The second-order valence-corrected chi connectivity index (χ2v) is 33.9. The molecule has 42 heteroatoms. The first-order chi connectivity index (χ1) is 61.4. The predicted octanol–water partition coefficient (Wildman–Crippen LogP) is 18.7. The number of nitrogen functional groups attached to an aromatic ring is 5. The molecule has 10 heterocycles. The average molecular weight is 1830 g/mol. The zero-order valence-electron chi connectivity index (χ0n) is 67.8. The highest BCUT2D eigenvalue weighted by Gasteiger charge is 2.22. The van der Waals surface area contributed by atoms with Crippen LogP contribution < -0.4 is 74.4 Å². The Kier molecular flexibility index (Phi) is 26.1. The highest BCUT2D eigenvalue weighted by atomic mass is 35.5. The maximum atomic E-state index is 6.03. The molecule has 0 atom stereocenters. The van der Waals surface area contributed by atoms with E-state index in [4.69, 9.17) is 54.5 Å². The molecule has 10 aromatic carbocycles. The van der Waals surface area contributed by atoms with Crippen LogP contribution in [0.2, 0.25) is 5.02 Å². The summed E-state index contributed by atoms with van der Waals surface area (Å²) in [7, 11) is 8.66. The molecule has 0 unspecified atom stereocenters. The lowest BCUT2D eigenvalue weighted by molar-refractivity contribution is 0.324. The van der Waals surface area contributed by atoms with E-state index >= 15 is 0 Å². The van der Waals surface area contributed by atoms with Crippen molar-refractivity contribution >= 4 is 226 Å². The fourth-order valence-electron chi connectivity index (χ4n) is 12.1. The zero-order chi connectivity index (χ0) is 87.3. The third-order valence-electron chi connectivity index (χ3n) is 18.1. The minimum absolute atomic E-state index is 0.126. The molecule has 10 aromatic heterocycles. The Bertz CT molecular complexity index is 6970. The molecule has 0 aliphatic heterocycles. The molecule has 15 N–H and O–H groups in total. The van der Waals surface area contributed by atoms with E-state index < -0.39 is 0 Å². The second-order valence-electron chi connectivity index (χ2n) is 26.7. The van der Waals surface area contributed by atoms with Gasteiger partial charge in [0, 0.05) is 81.4 Å². The van der Waals surface area contributed by atoms with Crippen LogP contribution in [0.3, 0.4) is 0 Å². The molecule has 34 nitrogen and oxygen atoms in total. The zero-order valence-corrected chi connectivity index (χ0v) is 74.3. The van der Waals surface area contributed by atoms with Crippen molar-refractivity contribution in [2.45, 2.75) is 9.79 Å². The number of thioether (sulfide) groups is 2. The van der Waals surface area contributed by atoms with Crippen LogP contribution in [0, 0.1) is 0 Å². The van der Waals surface area contributed by atoms with Crippen molar-refractivity contribution in [3.05, 3.63) is 248 Å². The van der Waals surface area contributed by atoms with Crippen molar-refractivity contribution in [2.75, 3.05) is 108 Å². The van der Waals surface area contributed by atoms with Crippen molar-refractivity contribution in [2.24, 2.45) is 0 Å². The SMILES string of the molecule is CN(C)c1cccc(Nc2nc(N)n(-c3nc4ccccc4s3)n2)c1.COc1cc(Nc2nc(N)nn2-c2ncc(-c3ccccc3)s2)cc(OC)c1OC.CSc1ccc(Nc2nc(N)n(-c3nc4ccccc4s3)n2)cc1.CSc1cccc(Nc2nc(N)n(-c3nc4ccccc4s3)n2)c1.Nc1nc(Nc2ccc(Cl)cc2)nn1-c1nc2ccccc2s1. The van der Waals surface area contributed by atoms with Gasteiger partial charge < -0.3 is 74.4 Å². The minimum atomic E-state index is 0.126. The summed E-state index contributed by atoms with van der Waals surface area (Å²) in [5.74, 6) is 4.99. The van der Waals surface area contributed by atoms with Gasteiger partial charge in [-0.3, -0.25) is 0 Å². The topological polar surface area (TPSA) is 439 Å². The Hall–Kier alpha value is -14.7. The highest BCUT2D eigenvalue weighted by Crippen LogP contribution is 2.42. The van der Waals surface area contributed by atoms with Gasteiger partial charge in [-0.1, -0.05) is 159 Å². The molecule has 0 aliphatic rings. The van der Waals surface area contributed by atoms with Gasteiger partial charge >= 0.3 is 0 Å². The van der Waals surface area contributed by atoms with Crippen LogP contribution in [-0.2, 0) is 0 Å². The normalized spacial score (nSPS) is 10.9. The summed E-state index contributed by atoms with van der Waals surface area (Å²) in [5.41, 5.74) is 40.0. The van der Waals surface area contributed by atoms with E-state index in [9.17, 15) is 0 Å². The van der Waals surface area contributed by atoms with Crippen LogP contribution in [0.4, 0.5) is 93.6 Å². The van der Waals surface area contributed by atoms with Gasteiger partial charge in [-0.15, -0.1) is 49.0 Å². The first kappa shape index (κ1) is 84.9. The number of hydrogen-bond acceptors (Lipinski definition) is 36. The first-order valence-electron chi connectivity index (χ1n) is 37.9. The molecule has 0 fully saturated rings. The van der Waals surface area contributed by atoms with Gasteiger partial charge in [0.05, 0.1) is 67.1 Å². The van der Waals surface area contributed by atoms with Gasteiger partial charge in [0.15, 0.2) is 11.5 Å². The number of fused-ring (bicyclic) bond motifs is 4. The molecule has 0 saturated heterocycles. The molecule has 0 spiro atoms. The van der Waals surface area contributed by atoms with E-state index in [1.165, 1.54) is 71.2 Å². The van der Waals surface area contributed by atoms with Crippen molar-refractivity contribution in [1.29, 1.82) is 0 Å². The van der Waals surface area contributed by atoms with Gasteiger partial charge in [0.2, 0.25) is 90.9 Å². The number of methoxy groups -OCH3 is 3. The highest BCUT2D eigenvalue weighted by molar-refractivity contribution is 7.98. The van der Waals surface area contributed by atoms with Gasteiger partial charge in [-0.25, -0.2) is 24.9 Å². The van der Waals surface area contributed by atoms with Crippen molar-refractivity contribution in [3.8, 4) is 53.3 Å². The Labute approximate surface area is 752 Å². The Balaban J connectivity index is 0.000000116. The third-order valence-corrected chi connectivity index (χ3v) is 24.8. The van der Waals surface area contributed by atoms with Crippen LogP contribution in [0.1, 0.15) is 0 Å². The average Bonchev–Trinajstić information content (AvgIpc) is 1.64. The largest absolute Gasteiger partial charge is 0.493 e. The number of ether oxygens (including phenoxy) is 3. The number of halogens is 1. The van der Waals surface area contributed by atoms with Gasteiger partial charge in [-0.2, -0.15) is 48.3 Å². The fourth-order valence-corrected chi connectivity index (χ4v) is 17.7. The molecule has 0 bridgehead atoms. The van der Waals surface area contributed by atoms with Gasteiger partial charge in [-0.05, 0) is 152 Å². The number of benzene rings is 10. The van der Waals surface area contributed by atoms with Crippen LogP contribution in [0.25, 0.3) is 77.0 Å². The quantitative estimate of drug-likeness (QED) is 0.0282. The number of nitrogens with two attached hydrogens (primary N) is 5. The molecule has 0 amide bonds. The summed E-state index contributed by atoms with van der Waals surface area (Å²) in [6, 6.07) is 76.6. The monoisotopic (exact) mass is 1830 g/mol. The number of anilines is 16. The van der Waals surface area contributed by atoms with E-state index in [0.29, 0.717) is 101 Å². The minimum Gasteiger partial charge on any atom is -0.493 e. The van der Waals surface area contributed by atoms with E-state index in [2.05, 4.69) is 108 Å². The molecule has 20 rings (SSSR count). The van der Waals surface area contributed by atoms with E-state index in [0.717, 1.165) is 79.7 Å². The summed E-state index contributed by atoms with van der Waals surface area (Å²) < 4.78 is 28.3. The number of para-hydroxylation sites is 4. The molecular weight excluding hydrogens is 1750 g/mol. The van der Waals surface area contributed by atoms with Crippen molar-refractivity contribution in [3.63, 3.8) is 0 Å². The molecule has 20 aromatic rings. The van der Waals surface area contributed by atoms with E-state index in [1.807, 2.05) is 238 Å². The number of hydrogen-bond donors (Lipinski definition) is 10. The smallest absolute Gasteiger partial charge is 0.248 e. The molecule has 634 valence electrons. The Morgan fingerprint density at radius 3 is 1.17 bits per heavy atom. The van der Waals surface area contributed by atoms with Gasteiger partial charge in [0.25, 0.3) is 0 Å². The molecule has 0 radical (unpaired) electrons. The van der Waals surface area contributed by atoms with Crippen molar-refractivity contribution < 1.29 is 14.2 Å². The predicted molar refractivity (Wildman–Crippen MR) is 514 cm³/mol. The molecular formula is C84H76ClN31O3S7. The van der Waals surface area contributed by atoms with E-state index in [-0.39, 0.29) is 11.9 Å². The van der Waals surface area contributed by atoms with Crippen LogP contribution in [0.5, 0.6) is 17.2 Å². The number of thiazole rings is 5. The van der Waals surface area contributed by atoms with Crippen molar-refractivity contribution in [1.82, 2.24) is 98.7 Å². The molecule has 0 saturated carbocycles. The third kappa shape index (κ3) is 20.1. The maximum absolute atomic E-state index is 6.03. The number of rotatable bonds is 22. The van der Waals surface area contributed by atoms with Crippen LogP contribution in [0.15, 0.2) is 253 Å². The summed E-state index contributed by atoms with van der Waals surface area (Å²) in [5, 5.41) is 41.9. The summed E-state index contributed by atoms with van der Waals surface area (Å²) in [6.45, 7) is 0. The number of nitrogens with zero attached hydrogens (tertiary/aromatic N) is 21. The standard InChI is InChI=1S/C20H20N6O3S.C17H17N7S.2C16H14N6S2.C15H11ClN6S/c1-27-14-9-13(10-15(28-2)17(14)29-3)23-19-24-18(21)25-26(19)20-22-11-16(30-20)12-7-5-4-6-8-12;1-23(2)12-7-5-6-11(10-12)19-16-21-15(18)24(22-16)17-20-13-8-3-4-9-14(13)25-17;1-23-11-6-4-5-10(9-11)18-15-20-14(17)22(21-15)16-19-12-7-2-3-8-13(12)24-16;1-23-11-8-6-10(7-9-11)18-15-20-14(17)22(21-15)16-19-12-4-2-3-5-13(12)24-16;16-9-5-7-10(8-6-9)18-14-20-13(17)22(21-14)15-19-11-3-1-2-4-12(11)23-15/h4-11H,1-3H3,(H3,21,23,24,25);3-10H,1-2H3,(H3,18,19,21,22);2*2-9H,1H3,(H3,17,18,20,21);1-8H,(H3,17,18,20,21). The fraction of sp³-hybridized carbons (Fsp3) is 0.0833. The van der Waals surface area contributed by atoms with Crippen LogP contribution >= 0.6 is 91.8 Å². The Morgan fingerprint density at radius 1 is 0.357 bits per heavy atom. The Morgan fingerprint density at radius 2 is 0.762 bits per heavy atom. The summed E-state index contributed by atoms with van der Waals surface area (Å²) in [6.07, 6.45) is 5.89. The maximum Gasteiger partial charge on any atom is 0.248 e. The van der Waals surface area contributed by atoms with Crippen LogP contribution in [-0.4, -0.2) is 147 Å². The molecule has 0 aliphatic carbocycles. The lowest BCUT2D eigenvalue weighted by Crippen LogP contribution is -2.08. The summed E-state index contributed by atoms with van der Waals surface area (Å²) >= 11 is 16.8. The summed E-state index contributed by atoms with van der Waals surface area (Å²) in [4.78, 5) is 49.5. The second kappa shape index (κ2) is 38.8. The first-order valence-corrected chi connectivity index (χ1v) is 44.8. The number of nitrogens with one attached hydrogen (secondary N) is 5. The van der Waals surface area contributed by atoms with Gasteiger partial charge in [0.1, 0.15) is 0 Å². The number of aromatic nitrogens is 20. The molecule has 126 heavy (non-hydrogen) atoms.